The van der Waals surface area contributed by atoms with Crippen molar-refractivity contribution in [2.24, 2.45) is 0 Å². The maximum absolute atomic E-state index is 11.5. The second-order valence-corrected chi connectivity index (χ2v) is 5.89. The zero-order valence-electron chi connectivity index (χ0n) is 12.8. The van der Waals surface area contributed by atoms with Crippen molar-refractivity contribution in [1.82, 2.24) is 0 Å². The van der Waals surface area contributed by atoms with Crippen LogP contribution in [0, 0.1) is 0 Å². The average molecular weight is 327 g/mol. The second kappa shape index (κ2) is 6.23. The van der Waals surface area contributed by atoms with Crippen LogP contribution >= 0.6 is 0 Å². The lowest BCUT2D eigenvalue weighted by Gasteiger charge is -2.20. The summed E-state index contributed by atoms with van der Waals surface area (Å²) in [6.07, 6.45) is -0.108. The van der Waals surface area contributed by atoms with Crippen LogP contribution in [-0.2, 0) is 11.3 Å². The first-order chi connectivity index (χ1) is 11.5. The minimum absolute atomic E-state index is 0.108. The van der Waals surface area contributed by atoms with Crippen molar-refractivity contribution in [3.8, 4) is 5.75 Å². The van der Waals surface area contributed by atoms with Gasteiger partial charge >= 0.3 is 11.9 Å². The van der Waals surface area contributed by atoms with Crippen LogP contribution in [0.25, 0.3) is 0 Å². The second-order valence-electron chi connectivity index (χ2n) is 5.89. The van der Waals surface area contributed by atoms with Crippen molar-refractivity contribution >= 4 is 17.6 Å². The summed E-state index contributed by atoms with van der Waals surface area (Å²) >= 11 is 0. The third kappa shape index (κ3) is 3.03. The molecule has 0 aliphatic carbocycles. The number of phenols is 1. The topological polar surface area (TPSA) is 98.1 Å². The van der Waals surface area contributed by atoms with E-state index in [2.05, 4.69) is 0 Å². The third-order valence-corrected chi connectivity index (χ3v) is 4.23. The summed E-state index contributed by atoms with van der Waals surface area (Å²) in [4.78, 5) is 24.6. The van der Waals surface area contributed by atoms with E-state index in [0.29, 0.717) is 18.7 Å². The number of nitrogens with zero attached hydrogens (tertiary/aromatic N) is 1. The van der Waals surface area contributed by atoms with Gasteiger partial charge in [-0.2, -0.15) is 0 Å². The molecule has 0 saturated carbocycles. The number of anilines is 1. The number of benzene rings is 2. The summed E-state index contributed by atoms with van der Waals surface area (Å²) in [6.45, 7) is 0.972. The zero-order chi connectivity index (χ0) is 17.3. The SMILES string of the molecule is O=C(O)CC1CN(Cc2ccc(O)cc2)c2cccc(C(=O)O)c21. The van der Waals surface area contributed by atoms with Gasteiger partial charge in [0.05, 0.1) is 12.0 Å². The molecule has 6 nitrogen and oxygen atoms in total. The first-order valence-electron chi connectivity index (χ1n) is 7.56. The number of carboxylic acids is 2. The van der Waals surface area contributed by atoms with Gasteiger partial charge in [0.25, 0.3) is 0 Å². The molecule has 1 unspecified atom stereocenters. The molecule has 0 fully saturated rings. The van der Waals surface area contributed by atoms with Crippen molar-refractivity contribution in [2.75, 3.05) is 11.4 Å². The van der Waals surface area contributed by atoms with Gasteiger partial charge in [-0.3, -0.25) is 4.79 Å². The molecule has 0 bridgehead atoms. The van der Waals surface area contributed by atoms with Crippen LogP contribution in [0.4, 0.5) is 5.69 Å². The molecule has 0 aromatic heterocycles. The van der Waals surface area contributed by atoms with Crippen molar-refractivity contribution < 1.29 is 24.9 Å². The normalized spacial score (nSPS) is 16.0. The number of hydrogen-bond donors (Lipinski definition) is 3. The number of fused-ring (bicyclic) bond motifs is 1. The van der Waals surface area contributed by atoms with Gasteiger partial charge in [-0.15, -0.1) is 0 Å². The standard InChI is InChI=1S/C18H17NO5/c20-13-6-4-11(5-7-13)9-19-10-12(8-16(21)22)17-14(18(23)24)2-1-3-15(17)19/h1-7,12,20H,8-10H2,(H,21,22)(H,23,24). The molecular formula is C18H17NO5. The highest BCUT2D eigenvalue weighted by molar-refractivity contribution is 5.93. The Balaban J connectivity index is 1.96. The fraction of sp³-hybridized carbons (Fsp3) is 0.222. The molecule has 24 heavy (non-hydrogen) atoms. The summed E-state index contributed by atoms with van der Waals surface area (Å²) in [5.41, 5.74) is 2.46. The van der Waals surface area contributed by atoms with Gasteiger partial charge in [-0.25, -0.2) is 4.79 Å². The predicted molar refractivity (Wildman–Crippen MR) is 87.6 cm³/mol. The molecule has 0 spiro atoms. The van der Waals surface area contributed by atoms with E-state index in [9.17, 15) is 19.8 Å². The lowest BCUT2D eigenvalue weighted by atomic mass is 9.93. The quantitative estimate of drug-likeness (QED) is 0.781. The molecule has 1 aliphatic heterocycles. The van der Waals surface area contributed by atoms with Gasteiger partial charge in [0.2, 0.25) is 0 Å². The van der Waals surface area contributed by atoms with Crippen LogP contribution in [0.3, 0.4) is 0 Å². The lowest BCUT2D eigenvalue weighted by Crippen LogP contribution is -2.22. The highest BCUT2D eigenvalue weighted by Gasteiger charge is 2.33. The lowest BCUT2D eigenvalue weighted by molar-refractivity contribution is -0.137. The number of carbonyl (C=O) groups is 2. The molecule has 6 heteroatoms. The molecule has 1 heterocycles. The Morgan fingerprint density at radius 3 is 2.42 bits per heavy atom. The third-order valence-electron chi connectivity index (χ3n) is 4.23. The maximum Gasteiger partial charge on any atom is 0.336 e. The van der Waals surface area contributed by atoms with Crippen molar-refractivity contribution in [3.05, 3.63) is 59.2 Å². The molecule has 3 rings (SSSR count). The van der Waals surface area contributed by atoms with E-state index >= 15 is 0 Å². The average Bonchev–Trinajstić information content (AvgIpc) is 2.86. The Labute approximate surface area is 138 Å². The minimum Gasteiger partial charge on any atom is -0.508 e. The van der Waals surface area contributed by atoms with Crippen LogP contribution in [-0.4, -0.2) is 33.8 Å². The van der Waals surface area contributed by atoms with Crippen LogP contribution in [0.5, 0.6) is 5.75 Å². The number of aliphatic carboxylic acids is 1. The number of carboxylic acid groups (broad SMARTS) is 2. The Morgan fingerprint density at radius 2 is 1.79 bits per heavy atom. The molecule has 0 amide bonds. The largest absolute Gasteiger partial charge is 0.508 e. The Hall–Kier alpha value is -3.02. The highest BCUT2D eigenvalue weighted by atomic mass is 16.4. The Bertz CT molecular complexity index is 784. The number of aromatic hydroxyl groups is 1. The van der Waals surface area contributed by atoms with E-state index in [1.165, 1.54) is 6.07 Å². The Morgan fingerprint density at radius 1 is 1.08 bits per heavy atom. The summed E-state index contributed by atoms with van der Waals surface area (Å²) in [6, 6.07) is 11.8. The molecule has 0 radical (unpaired) electrons. The molecule has 0 saturated heterocycles. The first kappa shape index (κ1) is 15.9. The van der Waals surface area contributed by atoms with Crippen molar-refractivity contribution in [3.63, 3.8) is 0 Å². The van der Waals surface area contributed by atoms with Crippen molar-refractivity contribution in [2.45, 2.75) is 18.9 Å². The first-order valence-corrected chi connectivity index (χ1v) is 7.56. The summed E-state index contributed by atoms with van der Waals surface area (Å²) in [7, 11) is 0. The molecular weight excluding hydrogens is 310 g/mol. The van der Waals surface area contributed by atoms with E-state index in [0.717, 1.165) is 11.3 Å². The number of hydrogen-bond acceptors (Lipinski definition) is 4. The van der Waals surface area contributed by atoms with Crippen molar-refractivity contribution in [1.29, 1.82) is 0 Å². The smallest absolute Gasteiger partial charge is 0.336 e. The molecule has 3 N–H and O–H groups in total. The molecule has 124 valence electrons. The number of rotatable bonds is 5. The molecule has 2 aromatic carbocycles. The van der Waals surface area contributed by atoms with Crippen LogP contribution in [0.1, 0.15) is 33.8 Å². The molecule has 1 atom stereocenters. The summed E-state index contributed by atoms with van der Waals surface area (Å²) in [5.74, 6) is -2.18. The number of aromatic carboxylic acids is 1. The van der Waals surface area contributed by atoms with Gasteiger partial charge in [-0.1, -0.05) is 18.2 Å². The van der Waals surface area contributed by atoms with E-state index in [1.807, 2.05) is 11.0 Å². The zero-order valence-corrected chi connectivity index (χ0v) is 12.8. The number of phenolic OH excluding ortho intramolecular Hbond substituents is 1. The van der Waals surface area contributed by atoms with Gasteiger partial charge in [-0.05, 0) is 35.4 Å². The Kier molecular flexibility index (Phi) is 4.12. The molecule has 2 aromatic rings. The fourth-order valence-corrected chi connectivity index (χ4v) is 3.25. The van der Waals surface area contributed by atoms with Gasteiger partial charge < -0.3 is 20.2 Å². The summed E-state index contributed by atoms with van der Waals surface area (Å²) in [5, 5.41) is 27.9. The van der Waals surface area contributed by atoms with E-state index < -0.39 is 11.9 Å². The monoisotopic (exact) mass is 327 g/mol. The fourth-order valence-electron chi connectivity index (χ4n) is 3.25. The van der Waals surface area contributed by atoms with Crippen LogP contribution < -0.4 is 4.90 Å². The summed E-state index contributed by atoms with van der Waals surface area (Å²) < 4.78 is 0. The molecule has 1 aliphatic rings. The van der Waals surface area contributed by atoms with Gasteiger partial charge in [0.1, 0.15) is 5.75 Å². The predicted octanol–water partition coefficient (Wildman–Crippen LogP) is 2.67. The van der Waals surface area contributed by atoms with E-state index in [1.54, 1.807) is 30.3 Å². The van der Waals surface area contributed by atoms with Crippen LogP contribution in [0.15, 0.2) is 42.5 Å². The van der Waals surface area contributed by atoms with E-state index in [4.69, 9.17) is 5.11 Å². The minimum atomic E-state index is -1.05. The maximum atomic E-state index is 11.5. The van der Waals surface area contributed by atoms with Gasteiger partial charge in [0, 0.05) is 24.7 Å². The van der Waals surface area contributed by atoms with Gasteiger partial charge in [0.15, 0.2) is 0 Å². The van der Waals surface area contributed by atoms with E-state index in [-0.39, 0.29) is 23.7 Å². The highest BCUT2D eigenvalue weighted by Crippen LogP contribution is 2.41. The van der Waals surface area contributed by atoms with Crippen LogP contribution in [0.2, 0.25) is 0 Å².